The van der Waals surface area contributed by atoms with Crippen LogP contribution < -0.4 is 50.1 Å². The lowest BCUT2D eigenvalue weighted by atomic mass is 10.1. The van der Waals surface area contributed by atoms with E-state index >= 15 is 0 Å². The second kappa shape index (κ2) is 36.2. The number of rotatable bonds is 22. The topological polar surface area (TPSA) is 250 Å². The van der Waals surface area contributed by atoms with Crippen LogP contribution in [0.15, 0.2) is 207 Å². The Kier molecular flexibility index (Phi) is 25.3. The number of phenols is 3. The highest BCUT2D eigenvalue weighted by molar-refractivity contribution is 5.89. The highest BCUT2D eigenvalue weighted by atomic mass is 16.5. The lowest BCUT2D eigenvalue weighted by Gasteiger charge is -2.15. The van der Waals surface area contributed by atoms with Gasteiger partial charge in [-0.05, 0) is 275 Å². The first kappa shape index (κ1) is 76.8. The summed E-state index contributed by atoms with van der Waals surface area (Å²) >= 11 is 0. The molecule has 16 rings (SSSR count). The summed E-state index contributed by atoms with van der Waals surface area (Å²) in [7, 11) is 3.12. The van der Waals surface area contributed by atoms with E-state index in [-0.39, 0.29) is 55.3 Å². The maximum atomic E-state index is 12.6. The summed E-state index contributed by atoms with van der Waals surface area (Å²) in [5, 5.41) is 30.7. The minimum atomic E-state index is -0.366. The fraction of sp³-hybridized carbons (Fsp3) is 0.326. The molecule has 0 amide bonds. The van der Waals surface area contributed by atoms with Crippen molar-refractivity contribution in [1.29, 1.82) is 0 Å². The molecule has 4 aromatic heterocycles. The molecular formula is C89H94N4O17. The third kappa shape index (κ3) is 19.5. The molecule has 4 aliphatic rings. The largest absolute Gasteiger partial charge is 0.508 e. The molecule has 0 aliphatic carbocycles. The molecular weight excluding hydrogens is 1400 g/mol. The van der Waals surface area contributed by atoms with E-state index in [4.69, 9.17) is 46.1 Å². The second-order valence-electron chi connectivity index (χ2n) is 28.3. The molecule has 0 unspecified atom stereocenters. The first-order chi connectivity index (χ1) is 53.5. The van der Waals surface area contributed by atoms with Crippen molar-refractivity contribution < 1.29 is 61.4 Å². The number of likely N-dealkylation sites (tertiary alicyclic amines) is 4. The van der Waals surface area contributed by atoms with Gasteiger partial charge in [0.2, 0.25) is 0 Å². The highest BCUT2D eigenvalue weighted by Crippen LogP contribution is 2.35. The molecule has 110 heavy (non-hydrogen) atoms. The molecule has 8 heterocycles. The van der Waals surface area contributed by atoms with Crippen molar-refractivity contribution >= 4 is 43.9 Å². The molecule has 3 N–H and O–H groups in total. The summed E-state index contributed by atoms with van der Waals surface area (Å²) in [5.74, 6) is 5.68. The number of aryl methyl sites for hydroxylation is 3. The lowest BCUT2D eigenvalue weighted by Crippen LogP contribution is -2.25. The van der Waals surface area contributed by atoms with Gasteiger partial charge in [0.15, 0.2) is 21.7 Å². The van der Waals surface area contributed by atoms with Gasteiger partial charge < -0.3 is 61.4 Å². The Hall–Kier alpha value is -11.4. The third-order valence-corrected chi connectivity index (χ3v) is 20.1. The molecule has 21 nitrogen and oxygen atoms in total. The first-order valence-electron chi connectivity index (χ1n) is 37.8. The highest BCUT2D eigenvalue weighted by Gasteiger charge is 2.20. The third-order valence-electron chi connectivity index (χ3n) is 20.1. The molecule has 12 aromatic rings. The number of nitrogens with zero attached hydrogens (tertiary/aromatic N) is 4. The number of phenolic OH excluding ortho intramolecular Hbond substituents is 3. The SMILES string of the molecule is COc1cc(C)cc2oc(-c3ccc(OCCN4CCCC4)cc3)cc(=O)c12.COc1cc(C)cc2oc(-c3ccc(OCCN4CCCC4)cc3)cc(=O)c12.Cc1cc(O)c2c(=O)cc(-c3ccc(OCCN4CCCC4)cc3)oc2c1.O=c1cc(-c2ccc(OCCN3CCCC3)cc2)oc2cc(O)cc(O)c12. The number of hydrogen-bond donors (Lipinski definition) is 3. The van der Waals surface area contributed by atoms with Crippen LogP contribution in [0.4, 0.5) is 0 Å². The molecule has 572 valence electrons. The average Bonchev–Trinajstić information content (AvgIpc) is 1.06. The van der Waals surface area contributed by atoms with E-state index in [9.17, 15) is 34.5 Å². The zero-order valence-corrected chi connectivity index (χ0v) is 63.0. The molecule has 4 fully saturated rings. The Labute approximate surface area is 637 Å². The van der Waals surface area contributed by atoms with Gasteiger partial charge in [-0.25, -0.2) is 0 Å². The van der Waals surface area contributed by atoms with Gasteiger partial charge in [0.1, 0.15) is 145 Å². The van der Waals surface area contributed by atoms with Crippen LogP contribution >= 0.6 is 0 Å². The van der Waals surface area contributed by atoms with Gasteiger partial charge in [-0.1, -0.05) is 0 Å². The van der Waals surface area contributed by atoms with Gasteiger partial charge in [0.25, 0.3) is 0 Å². The van der Waals surface area contributed by atoms with Gasteiger partial charge in [-0.3, -0.25) is 38.8 Å². The second-order valence-corrected chi connectivity index (χ2v) is 28.3. The summed E-state index contributed by atoms with van der Waals surface area (Å²) in [6.45, 7) is 21.5. The van der Waals surface area contributed by atoms with E-state index in [1.165, 1.54) is 121 Å². The van der Waals surface area contributed by atoms with E-state index in [1.807, 2.05) is 142 Å². The van der Waals surface area contributed by atoms with Crippen LogP contribution in [0.2, 0.25) is 0 Å². The summed E-state index contributed by atoms with van der Waals surface area (Å²) in [6, 6.07) is 49.1. The minimum Gasteiger partial charge on any atom is -0.508 e. The van der Waals surface area contributed by atoms with Gasteiger partial charge in [-0.2, -0.15) is 0 Å². The van der Waals surface area contributed by atoms with E-state index in [1.54, 1.807) is 26.4 Å². The van der Waals surface area contributed by atoms with Gasteiger partial charge in [0, 0.05) is 84.8 Å². The van der Waals surface area contributed by atoms with Crippen LogP contribution in [-0.2, 0) is 0 Å². The number of ether oxygens (including phenoxy) is 6. The molecule has 0 radical (unpaired) electrons. The standard InChI is InChI=1S/2C23H25NO4.C22H23NO4.C21H21NO5/c2*1-16-13-21(26-2)23-19(25)15-20(28-22(23)14-16)17-5-7-18(8-6-17)27-12-11-24-9-3-4-10-24;1-15-12-18(24)22-19(25)14-20(27-21(22)13-15)16-4-6-17(7-5-16)26-11-10-23-8-2-3-9-23;23-15-11-17(24)21-18(25)13-19(27-20(21)12-15)14-3-5-16(6-4-14)26-10-9-22-7-1-2-8-22/h2*5-8,13-15H,3-4,9-12H2,1-2H3;4-7,12-14,24H,2-3,8-11H2,1H3;3-6,11-13,23-24H,1-2,7-10H2. The number of fused-ring (bicyclic) bond motifs is 4. The van der Waals surface area contributed by atoms with Crippen molar-refractivity contribution in [1.82, 2.24) is 19.6 Å². The Morgan fingerprint density at radius 3 is 0.836 bits per heavy atom. The Morgan fingerprint density at radius 2 is 0.555 bits per heavy atom. The predicted octanol–water partition coefficient (Wildman–Crippen LogP) is 15.8. The van der Waals surface area contributed by atoms with E-state index in [2.05, 4.69) is 19.6 Å². The molecule has 0 atom stereocenters. The Morgan fingerprint density at radius 1 is 0.309 bits per heavy atom. The van der Waals surface area contributed by atoms with Crippen molar-refractivity contribution in [2.24, 2.45) is 0 Å². The molecule has 21 heteroatoms. The van der Waals surface area contributed by atoms with Crippen LogP contribution in [0.1, 0.15) is 68.1 Å². The van der Waals surface area contributed by atoms with Crippen molar-refractivity contribution in [2.45, 2.75) is 72.1 Å². The van der Waals surface area contributed by atoms with Gasteiger partial charge in [0.05, 0.1) is 14.2 Å². The Balaban J connectivity index is 0.000000129. The monoisotopic (exact) mass is 1490 g/mol. The normalized spacial score (nSPS) is 14.6. The molecule has 4 aliphatic heterocycles. The quantitative estimate of drug-likeness (QED) is 0.0570. The summed E-state index contributed by atoms with van der Waals surface area (Å²) in [5.41, 5.74) is 6.73. The predicted molar refractivity (Wildman–Crippen MR) is 429 cm³/mol. The van der Waals surface area contributed by atoms with Gasteiger partial charge >= 0.3 is 0 Å². The van der Waals surface area contributed by atoms with Crippen LogP contribution in [0.3, 0.4) is 0 Å². The van der Waals surface area contributed by atoms with Crippen LogP contribution in [0.5, 0.6) is 51.7 Å². The Bertz CT molecular complexity index is 5050. The molecule has 0 saturated carbocycles. The number of methoxy groups -OCH3 is 2. The van der Waals surface area contributed by atoms with Crippen molar-refractivity contribution in [2.75, 3.05) is 119 Å². The summed E-state index contributed by atoms with van der Waals surface area (Å²) in [6.07, 6.45) is 10.2. The molecule has 8 aromatic carbocycles. The first-order valence-corrected chi connectivity index (χ1v) is 37.8. The zero-order valence-electron chi connectivity index (χ0n) is 63.0. The van der Waals surface area contributed by atoms with E-state index in [0.29, 0.717) is 94.1 Å². The van der Waals surface area contributed by atoms with Crippen molar-refractivity contribution in [3.05, 3.63) is 227 Å². The van der Waals surface area contributed by atoms with E-state index in [0.717, 1.165) is 102 Å². The smallest absolute Gasteiger partial charge is 0.197 e. The average molecular weight is 1490 g/mol. The van der Waals surface area contributed by atoms with Crippen LogP contribution in [0.25, 0.3) is 89.2 Å². The fourth-order valence-corrected chi connectivity index (χ4v) is 14.4. The molecule has 0 spiro atoms. The van der Waals surface area contributed by atoms with Crippen LogP contribution in [-0.4, -0.2) is 154 Å². The minimum absolute atomic E-state index is 0.0490. The number of hydrogen-bond acceptors (Lipinski definition) is 21. The molecule has 4 saturated heterocycles. The maximum absolute atomic E-state index is 12.6. The number of benzene rings is 8. The molecule has 0 bridgehead atoms. The lowest BCUT2D eigenvalue weighted by molar-refractivity contribution is 0.237. The van der Waals surface area contributed by atoms with E-state index < -0.39 is 0 Å². The van der Waals surface area contributed by atoms with Crippen molar-refractivity contribution in [3.63, 3.8) is 0 Å². The zero-order chi connectivity index (χ0) is 76.6. The number of aromatic hydroxyl groups is 3. The van der Waals surface area contributed by atoms with Crippen molar-refractivity contribution in [3.8, 4) is 97.0 Å². The summed E-state index contributed by atoms with van der Waals surface area (Å²) in [4.78, 5) is 59.6. The van der Waals surface area contributed by atoms with Crippen LogP contribution in [0, 0.1) is 20.8 Å². The van der Waals surface area contributed by atoms with Gasteiger partial charge in [-0.15, -0.1) is 0 Å². The summed E-state index contributed by atoms with van der Waals surface area (Å²) < 4.78 is 57.6. The fourth-order valence-electron chi connectivity index (χ4n) is 14.4. The maximum Gasteiger partial charge on any atom is 0.197 e.